The molecule has 0 aromatic heterocycles. The van der Waals surface area contributed by atoms with E-state index in [0.717, 1.165) is 5.56 Å². The second kappa shape index (κ2) is 5.32. The van der Waals surface area contributed by atoms with E-state index in [9.17, 15) is 4.57 Å². The van der Waals surface area contributed by atoms with Crippen LogP contribution in [-0.2, 0) is 21.3 Å². The van der Waals surface area contributed by atoms with E-state index in [1.165, 1.54) is 5.56 Å². The van der Waals surface area contributed by atoms with Crippen LogP contribution >= 0.6 is 7.60 Å². The van der Waals surface area contributed by atoms with Gasteiger partial charge in [0.25, 0.3) is 0 Å². The SMILES string of the molecule is CC(C)(C)c1cccc(COCP(=O)(O)O)c1. The van der Waals surface area contributed by atoms with Gasteiger partial charge in [0.2, 0.25) is 0 Å². The molecule has 0 heterocycles. The largest absolute Gasteiger partial charge is 0.364 e. The number of ether oxygens (including phenoxy) is 1. The van der Waals surface area contributed by atoms with Crippen LogP contribution in [0, 0.1) is 0 Å². The van der Waals surface area contributed by atoms with Gasteiger partial charge in [-0.05, 0) is 16.5 Å². The molecule has 0 aliphatic carbocycles. The fraction of sp³-hybridized carbons (Fsp3) is 0.500. The minimum absolute atomic E-state index is 0.0548. The summed E-state index contributed by atoms with van der Waals surface area (Å²) in [5, 5.41) is 0. The van der Waals surface area contributed by atoms with Gasteiger partial charge in [-0.15, -0.1) is 0 Å². The van der Waals surface area contributed by atoms with E-state index < -0.39 is 13.9 Å². The molecule has 1 rings (SSSR count). The molecule has 0 bridgehead atoms. The van der Waals surface area contributed by atoms with Crippen molar-refractivity contribution < 1.29 is 19.1 Å². The molecule has 1 aromatic carbocycles. The van der Waals surface area contributed by atoms with Crippen molar-refractivity contribution in [1.82, 2.24) is 0 Å². The molecule has 0 aliphatic rings. The minimum atomic E-state index is -4.07. The highest BCUT2D eigenvalue weighted by molar-refractivity contribution is 7.51. The molecule has 0 unspecified atom stereocenters. The van der Waals surface area contributed by atoms with Gasteiger partial charge in [-0.1, -0.05) is 45.0 Å². The van der Waals surface area contributed by atoms with E-state index in [1.807, 2.05) is 24.3 Å². The van der Waals surface area contributed by atoms with Crippen LogP contribution in [0.25, 0.3) is 0 Å². The maximum atomic E-state index is 10.6. The summed E-state index contributed by atoms with van der Waals surface area (Å²) < 4.78 is 15.6. The number of hydrogen-bond acceptors (Lipinski definition) is 2. The summed E-state index contributed by atoms with van der Waals surface area (Å²) in [5.41, 5.74) is 2.15. The lowest BCUT2D eigenvalue weighted by Gasteiger charge is -2.19. The predicted octanol–water partition coefficient (Wildman–Crippen LogP) is 2.64. The van der Waals surface area contributed by atoms with Crippen LogP contribution in [0.5, 0.6) is 0 Å². The topological polar surface area (TPSA) is 66.8 Å². The first kappa shape index (κ1) is 14.4. The Labute approximate surface area is 102 Å². The summed E-state index contributed by atoms with van der Waals surface area (Å²) in [6.45, 7) is 6.56. The molecule has 2 N–H and O–H groups in total. The Kier molecular flexibility index (Phi) is 4.50. The van der Waals surface area contributed by atoms with E-state index in [2.05, 4.69) is 20.8 Å². The highest BCUT2D eigenvalue weighted by Gasteiger charge is 2.15. The Morgan fingerprint density at radius 1 is 1.29 bits per heavy atom. The number of hydrogen-bond donors (Lipinski definition) is 2. The van der Waals surface area contributed by atoms with Crippen molar-refractivity contribution in [3.05, 3.63) is 35.4 Å². The van der Waals surface area contributed by atoms with Crippen molar-refractivity contribution in [2.45, 2.75) is 32.8 Å². The molecule has 0 saturated carbocycles. The lowest BCUT2D eigenvalue weighted by atomic mass is 9.86. The van der Waals surface area contributed by atoms with Crippen LogP contribution < -0.4 is 0 Å². The average molecular weight is 258 g/mol. The van der Waals surface area contributed by atoms with Crippen LogP contribution in [0.1, 0.15) is 31.9 Å². The zero-order valence-corrected chi connectivity index (χ0v) is 11.3. The third kappa shape index (κ3) is 5.46. The van der Waals surface area contributed by atoms with Crippen LogP contribution in [-0.4, -0.2) is 16.1 Å². The van der Waals surface area contributed by atoms with Crippen LogP contribution in [0.2, 0.25) is 0 Å². The molecule has 5 heteroatoms. The minimum Gasteiger partial charge on any atom is -0.364 e. The van der Waals surface area contributed by atoms with Gasteiger partial charge in [0.1, 0.15) is 6.35 Å². The van der Waals surface area contributed by atoms with Gasteiger partial charge in [-0.3, -0.25) is 4.57 Å². The van der Waals surface area contributed by atoms with Gasteiger partial charge in [-0.25, -0.2) is 0 Å². The van der Waals surface area contributed by atoms with Gasteiger partial charge < -0.3 is 14.5 Å². The summed E-state index contributed by atoms with van der Waals surface area (Å²) >= 11 is 0. The third-order valence-electron chi connectivity index (χ3n) is 2.32. The summed E-state index contributed by atoms with van der Waals surface area (Å²) in [6, 6.07) is 7.85. The third-order valence-corrected chi connectivity index (χ3v) is 2.84. The molecule has 1 aromatic rings. The Bertz CT molecular complexity index is 417. The molecule has 0 radical (unpaired) electrons. The first-order valence-corrected chi connectivity index (χ1v) is 7.20. The first-order valence-electron chi connectivity index (χ1n) is 5.40. The van der Waals surface area contributed by atoms with E-state index in [0.29, 0.717) is 0 Å². The zero-order chi connectivity index (χ0) is 13.1. The zero-order valence-electron chi connectivity index (χ0n) is 10.4. The van der Waals surface area contributed by atoms with E-state index in [-0.39, 0.29) is 12.0 Å². The van der Waals surface area contributed by atoms with Crippen LogP contribution in [0.4, 0.5) is 0 Å². The standard InChI is InChI=1S/C12H19O4P/c1-12(2,3)11-6-4-5-10(7-11)8-16-9-17(13,14)15/h4-7H,8-9H2,1-3H3,(H2,13,14,15). The average Bonchev–Trinajstić information content (AvgIpc) is 2.15. The molecule has 0 aliphatic heterocycles. The summed E-state index contributed by atoms with van der Waals surface area (Å²) in [7, 11) is -4.07. The van der Waals surface area contributed by atoms with E-state index in [1.54, 1.807) is 0 Å². The smallest absolute Gasteiger partial charge is 0.350 e. The molecule has 0 atom stereocenters. The van der Waals surface area contributed by atoms with Gasteiger partial charge in [0, 0.05) is 0 Å². The fourth-order valence-electron chi connectivity index (χ4n) is 1.41. The Balaban J connectivity index is 2.64. The van der Waals surface area contributed by atoms with Crippen LogP contribution in [0.15, 0.2) is 24.3 Å². The summed E-state index contributed by atoms with van der Waals surface area (Å²) in [6.07, 6.45) is -0.535. The number of benzene rings is 1. The molecule has 0 fully saturated rings. The van der Waals surface area contributed by atoms with E-state index >= 15 is 0 Å². The van der Waals surface area contributed by atoms with E-state index in [4.69, 9.17) is 14.5 Å². The second-order valence-corrected chi connectivity index (χ2v) is 6.68. The monoisotopic (exact) mass is 258 g/mol. The van der Waals surface area contributed by atoms with Crippen molar-refractivity contribution in [2.75, 3.05) is 6.35 Å². The molecule has 0 spiro atoms. The quantitative estimate of drug-likeness (QED) is 0.815. The van der Waals surface area contributed by atoms with Crippen molar-refractivity contribution in [3.8, 4) is 0 Å². The molecular weight excluding hydrogens is 239 g/mol. The van der Waals surface area contributed by atoms with Crippen molar-refractivity contribution in [3.63, 3.8) is 0 Å². The van der Waals surface area contributed by atoms with Gasteiger partial charge >= 0.3 is 7.60 Å². The second-order valence-electron chi connectivity index (χ2n) is 5.09. The van der Waals surface area contributed by atoms with Crippen LogP contribution in [0.3, 0.4) is 0 Å². The molecule has 0 amide bonds. The Hall–Kier alpha value is -0.670. The Morgan fingerprint density at radius 3 is 2.47 bits per heavy atom. The molecular formula is C12H19O4P. The lowest BCUT2D eigenvalue weighted by Crippen LogP contribution is -2.11. The number of rotatable bonds is 4. The maximum Gasteiger partial charge on any atom is 0.350 e. The summed E-state index contributed by atoms with van der Waals surface area (Å²) in [5.74, 6) is 0. The van der Waals surface area contributed by atoms with Gasteiger partial charge in [0.15, 0.2) is 0 Å². The fourth-order valence-corrected chi connectivity index (χ4v) is 1.74. The van der Waals surface area contributed by atoms with Gasteiger partial charge in [0.05, 0.1) is 6.61 Å². The van der Waals surface area contributed by atoms with Crippen molar-refractivity contribution in [1.29, 1.82) is 0 Å². The predicted molar refractivity (Wildman–Crippen MR) is 66.8 cm³/mol. The lowest BCUT2D eigenvalue weighted by molar-refractivity contribution is 0.144. The molecule has 4 nitrogen and oxygen atoms in total. The molecule has 17 heavy (non-hydrogen) atoms. The highest BCUT2D eigenvalue weighted by Crippen LogP contribution is 2.34. The maximum absolute atomic E-state index is 10.6. The normalized spacial score (nSPS) is 12.8. The highest BCUT2D eigenvalue weighted by atomic mass is 31.2. The van der Waals surface area contributed by atoms with Crippen molar-refractivity contribution in [2.24, 2.45) is 0 Å². The molecule has 0 saturated heterocycles. The summed E-state index contributed by atoms with van der Waals surface area (Å²) in [4.78, 5) is 17.3. The van der Waals surface area contributed by atoms with Gasteiger partial charge in [-0.2, -0.15) is 0 Å². The van der Waals surface area contributed by atoms with Crippen molar-refractivity contribution >= 4 is 7.60 Å². The molecule has 96 valence electrons. The Morgan fingerprint density at radius 2 is 1.94 bits per heavy atom. The first-order chi connectivity index (χ1) is 7.68.